The average molecular weight is 250 g/mol. The number of fused-ring (bicyclic) bond motifs is 3. The van der Waals surface area contributed by atoms with Crippen LogP contribution in [0.4, 0.5) is 0 Å². The lowest BCUT2D eigenvalue weighted by atomic mass is 9.96. The van der Waals surface area contributed by atoms with Crippen LogP contribution in [0.25, 0.3) is 16.7 Å². The zero-order valence-electron chi connectivity index (χ0n) is 10.8. The van der Waals surface area contributed by atoms with E-state index in [0.717, 1.165) is 12.0 Å². The van der Waals surface area contributed by atoms with Gasteiger partial charge in [-0.15, -0.1) is 0 Å². The number of rotatable bonds is 2. The standard InChI is InChI=1S/C17H14O2/c1-11(17(18)19-2)13-8-5-9-15-14-7-4-3-6-12(14)10-16(13)15/h3-9H,1,10H2,2H3. The molecule has 0 radical (unpaired) electrons. The predicted molar refractivity (Wildman–Crippen MR) is 75.7 cm³/mol. The first-order valence-corrected chi connectivity index (χ1v) is 6.20. The van der Waals surface area contributed by atoms with Gasteiger partial charge in [-0.1, -0.05) is 49.0 Å². The van der Waals surface area contributed by atoms with Crippen LogP contribution in [-0.2, 0) is 16.0 Å². The van der Waals surface area contributed by atoms with Crippen LogP contribution in [0.3, 0.4) is 0 Å². The van der Waals surface area contributed by atoms with E-state index >= 15 is 0 Å². The van der Waals surface area contributed by atoms with Crippen LogP contribution >= 0.6 is 0 Å². The highest BCUT2D eigenvalue weighted by Gasteiger charge is 2.23. The summed E-state index contributed by atoms with van der Waals surface area (Å²) < 4.78 is 4.76. The highest BCUT2D eigenvalue weighted by atomic mass is 16.5. The molecule has 1 aliphatic carbocycles. The van der Waals surface area contributed by atoms with Gasteiger partial charge in [0, 0.05) is 0 Å². The Bertz CT molecular complexity index is 683. The van der Waals surface area contributed by atoms with Gasteiger partial charge in [-0.05, 0) is 34.2 Å². The van der Waals surface area contributed by atoms with Crippen molar-refractivity contribution in [3.8, 4) is 11.1 Å². The fraction of sp³-hybridized carbons (Fsp3) is 0.118. The molecule has 1 aliphatic rings. The molecule has 0 spiro atoms. The summed E-state index contributed by atoms with van der Waals surface area (Å²) in [6.45, 7) is 3.86. The molecule has 0 bridgehead atoms. The molecule has 0 aliphatic heterocycles. The van der Waals surface area contributed by atoms with Crippen LogP contribution in [0.2, 0.25) is 0 Å². The van der Waals surface area contributed by atoms with Gasteiger partial charge in [0.2, 0.25) is 0 Å². The molecule has 0 atom stereocenters. The van der Waals surface area contributed by atoms with E-state index in [1.807, 2.05) is 24.3 Å². The van der Waals surface area contributed by atoms with E-state index in [1.54, 1.807) is 0 Å². The van der Waals surface area contributed by atoms with Crippen LogP contribution in [0.1, 0.15) is 16.7 Å². The van der Waals surface area contributed by atoms with Crippen molar-refractivity contribution in [3.05, 3.63) is 65.7 Å². The van der Waals surface area contributed by atoms with Gasteiger partial charge in [0.05, 0.1) is 12.7 Å². The summed E-state index contributed by atoms with van der Waals surface area (Å²) >= 11 is 0. The first-order chi connectivity index (χ1) is 9.22. The molecule has 0 unspecified atom stereocenters. The summed E-state index contributed by atoms with van der Waals surface area (Å²) in [7, 11) is 1.38. The first-order valence-electron chi connectivity index (χ1n) is 6.20. The zero-order chi connectivity index (χ0) is 13.4. The van der Waals surface area contributed by atoms with E-state index in [2.05, 4.69) is 24.8 Å². The monoisotopic (exact) mass is 250 g/mol. The van der Waals surface area contributed by atoms with Gasteiger partial charge in [-0.25, -0.2) is 4.79 Å². The SMILES string of the molecule is C=C(C(=O)OC)c1cccc2c1Cc1ccccc1-2. The third-order valence-electron chi connectivity index (χ3n) is 3.61. The number of benzene rings is 2. The van der Waals surface area contributed by atoms with Crippen LogP contribution < -0.4 is 0 Å². The molecule has 2 aromatic rings. The minimum Gasteiger partial charge on any atom is -0.465 e. The predicted octanol–water partition coefficient (Wildman–Crippen LogP) is 3.44. The van der Waals surface area contributed by atoms with Crippen LogP contribution in [0.15, 0.2) is 49.0 Å². The molecule has 94 valence electrons. The van der Waals surface area contributed by atoms with Crippen molar-refractivity contribution in [2.24, 2.45) is 0 Å². The highest BCUT2D eigenvalue weighted by Crippen LogP contribution is 2.39. The number of carbonyl (C=O) groups is 1. The Labute approximate surface area is 112 Å². The average Bonchev–Trinajstić information content (AvgIpc) is 2.84. The molecule has 2 heteroatoms. The van der Waals surface area contributed by atoms with Crippen molar-refractivity contribution in [2.45, 2.75) is 6.42 Å². The molecule has 0 heterocycles. The second kappa shape index (κ2) is 4.39. The fourth-order valence-corrected chi connectivity index (χ4v) is 2.67. The zero-order valence-corrected chi connectivity index (χ0v) is 10.8. The van der Waals surface area contributed by atoms with Gasteiger partial charge in [0.1, 0.15) is 0 Å². The molecule has 0 amide bonds. The number of hydrogen-bond donors (Lipinski definition) is 0. The molecule has 19 heavy (non-hydrogen) atoms. The van der Waals surface area contributed by atoms with Crippen molar-refractivity contribution in [1.82, 2.24) is 0 Å². The molecule has 0 N–H and O–H groups in total. The van der Waals surface area contributed by atoms with Gasteiger partial charge in [-0.3, -0.25) is 0 Å². The maximum atomic E-state index is 11.7. The number of esters is 1. The minimum atomic E-state index is -0.371. The summed E-state index contributed by atoms with van der Waals surface area (Å²) in [4.78, 5) is 11.7. The van der Waals surface area contributed by atoms with Crippen LogP contribution in [-0.4, -0.2) is 13.1 Å². The Morgan fingerprint density at radius 1 is 1.11 bits per heavy atom. The van der Waals surface area contributed by atoms with Gasteiger partial charge < -0.3 is 4.74 Å². The number of carbonyl (C=O) groups excluding carboxylic acids is 1. The normalized spacial score (nSPS) is 11.6. The molecular weight excluding hydrogens is 236 g/mol. The second-order valence-corrected chi connectivity index (χ2v) is 4.64. The molecule has 2 aromatic carbocycles. The Morgan fingerprint density at radius 3 is 2.63 bits per heavy atom. The quantitative estimate of drug-likeness (QED) is 0.514. The van der Waals surface area contributed by atoms with Gasteiger partial charge in [-0.2, -0.15) is 0 Å². The fourth-order valence-electron chi connectivity index (χ4n) is 2.67. The van der Waals surface area contributed by atoms with Crippen molar-refractivity contribution in [2.75, 3.05) is 7.11 Å². The third-order valence-corrected chi connectivity index (χ3v) is 3.61. The molecular formula is C17H14O2. The van der Waals surface area contributed by atoms with Gasteiger partial charge >= 0.3 is 5.97 Å². The van der Waals surface area contributed by atoms with E-state index in [0.29, 0.717) is 5.57 Å². The maximum Gasteiger partial charge on any atom is 0.337 e. The number of hydrogen-bond acceptors (Lipinski definition) is 2. The van der Waals surface area contributed by atoms with E-state index in [1.165, 1.54) is 29.4 Å². The second-order valence-electron chi connectivity index (χ2n) is 4.64. The van der Waals surface area contributed by atoms with E-state index in [4.69, 9.17) is 4.74 Å². The number of methoxy groups -OCH3 is 1. The summed E-state index contributed by atoms with van der Waals surface area (Å²) in [5.74, 6) is -0.371. The molecule has 0 saturated heterocycles. The minimum absolute atomic E-state index is 0.371. The van der Waals surface area contributed by atoms with Crippen molar-refractivity contribution >= 4 is 11.5 Å². The molecule has 0 aromatic heterocycles. The van der Waals surface area contributed by atoms with Crippen molar-refractivity contribution in [1.29, 1.82) is 0 Å². The molecule has 3 rings (SSSR count). The Hall–Kier alpha value is -2.35. The smallest absolute Gasteiger partial charge is 0.337 e. The third kappa shape index (κ3) is 1.76. The topological polar surface area (TPSA) is 26.3 Å². The van der Waals surface area contributed by atoms with Gasteiger partial charge in [0.25, 0.3) is 0 Å². The lowest BCUT2D eigenvalue weighted by Crippen LogP contribution is -2.04. The van der Waals surface area contributed by atoms with Crippen LogP contribution in [0.5, 0.6) is 0 Å². The Morgan fingerprint density at radius 2 is 1.84 bits per heavy atom. The van der Waals surface area contributed by atoms with E-state index < -0.39 is 0 Å². The largest absolute Gasteiger partial charge is 0.465 e. The molecule has 0 fully saturated rings. The van der Waals surface area contributed by atoms with E-state index in [9.17, 15) is 4.79 Å². The van der Waals surface area contributed by atoms with Gasteiger partial charge in [0.15, 0.2) is 0 Å². The summed E-state index contributed by atoms with van der Waals surface area (Å²) in [5.41, 5.74) is 6.21. The lowest BCUT2D eigenvalue weighted by Gasteiger charge is -2.09. The molecule has 0 saturated carbocycles. The Balaban J connectivity index is 2.14. The summed E-state index contributed by atoms with van der Waals surface area (Å²) in [6.07, 6.45) is 0.845. The summed E-state index contributed by atoms with van der Waals surface area (Å²) in [6, 6.07) is 14.3. The van der Waals surface area contributed by atoms with E-state index in [-0.39, 0.29) is 5.97 Å². The van der Waals surface area contributed by atoms with Crippen molar-refractivity contribution < 1.29 is 9.53 Å². The first kappa shape index (κ1) is 11.7. The molecule has 2 nitrogen and oxygen atoms in total. The highest BCUT2D eigenvalue weighted by molar-refractivity contribution is 6.16. The lowest BCUT2D eigenvalue weighted by molar-refractivity contribution is -0.133. The summed E-state index contributed by atoms with van der Waals surface area (Å²) in [5, 5.41) is 0. The maximum absolute atomic E-state index is 11.7. The number of ether oxygens (including phenoxy) is 1. The van der Waals surface area contributed by atoms with Crippen molar-refractivity contribution in [3.63, 3.8) is 0 Å². The van der Waals surface area contributed by atoms with Crippen LogP contribution in [0, 0.1) is 0 Å². The Kier molecular flexibility index (Phi) is 2.71.